The summed E-state index contributed by atoms with van der Waals surface area (Å²) in [6.07, 6.45) is 1.91. The van der Waals surface area contributed by atoms with Gasteiger partial charge in [-0.25, -0.2) is 4.98 Å². The number of anilines is 2. The number of benzene rings is 1. The number of nitrogens with two attached hydrogens (primary N) is 1. The van der Waals surface area contributed by atoms with Crippen molar-refractivity contribution < 1.29 is 9.53 Å². The zero-order valence-corrected chi connectivity index (χ0v) is 12.2. The number of aromatic nitrogens is 1. The van der Waals surface area contributed by atoms with Gasteiger partial charge < -0.3 is 15.8 Å². The second-order valence-corrected chi connectivity index (χ2v) is 4.87. The summed E-state index contributed by atoms with van der Waals surface area (Å²) in [4.78, 5) is 16.0. The van der Waals surface area contributed by atoms with E-state index in [4.69, 9.17) is 10.5 Å². The number of hydrogen-bond acceptors (Lipinski definition) is 4. The number of methoxy groups -OCH3 is 1. The van der Waals surface area contributed by atoms with E-state index in [1.54, 1.807) is 25.4 Å². The molecule has 0 aliphatic rings. The molecule has 2 rings (SSSR count). The number of hydrogen-bond donors (Lipinski definition) is 2. The number of amides is 1. The van der Waals surface area contributed by atoms with Crippen molar-refractivity contribution in [3.63, 3.8) is 0 Å². The molecule has 21 heavy (non-hydrogen) atoms. The molecule has 0 fully saturated rings. The Balaban J connectivity index is 2.00. The lowest BCUT2D eigenvalue weighted by atomic mass is 9.96. The molecule has 5 heteroatoms. The van der Waals surface area contributed by atoms with Crippen LogP contribution in [0, 0.1) is 0 Å². The smallest absolute Gasteiger partial charge is 0.225 e. The molecule has 1 atom stereocenters. The third-order valence-corrected chi connectivity index (χ3v) is 3.23. The minimum absolute atomic E-state index is 0.0582. The summed E-state index contributed by atoms with van der Waals surface area (Å²) >= 11 is 0. The summed E-state index contributed by atoms with van der Waals surface area (Å²) in [5, 5.41) is 2.81. The Morgan fingerprint density at radius 3 is 2.76 bits per heavy atom. The predicted molar refractivity (Wildman–Crippen MR) is 83.3 cm³/mol. The molecule has 0 radical (unpaired) electrons. The van der Waals surface area contributed by atoms with Crippen LogP contribution in [0.4, 0.5) is 11.5 Å². The van der Waals surface area contributed by atoms with E-state index in [9.17, 15) is 4.79 Å². The highest BCUT2D eigenvalue weighted by atomic mass is 16.5. The van der Waals surface area contributed by atoms with Crippen LogP contribution in [0.2, 0.25) is 0 Å². The Morgan fingerprint density at radius 2 is 2.10 bits per heavy atom. The van der Waals surface area contributed by atoms with Crippen LogP contribution in [0.3, 0.4) is 0 Å². The van der Waals surface area contributed by atoms with Crippen LogP contribution in [-0.2, 0) is 4.79 Å². The van der Waals surface area contributed by atoms with E-state index in [1.807, 2.05) is 31.2 Å². The molecule has 5 nitrogen and oxygen atoms in total. The summed E-state index contributed by atoms with van der Waals surface area (Å²) in [7, 11) is 1.63. The zero-order chi connectivity index (χ0) is 15.2. The van der Waals surface area contributed by atoms with Gasteiger partial charge in [0.2, 0.25) is 5.91 Å². The Morgan fingerprint density at radius 1 is 1.33 bits per heavy atom. The Labute approximate surface area is 124 Å². The number of nitrogens with zero attached hydrogens (tertiary/aromatic N) is 1. The van der Waals surface area contributed by atoms with Crippen molar-refractivity contribution in [1.82, 2.24) is 4.98 Å². The fourth-order valence-corrected chi connectivity index (χ4v) is 2.15. The van der Waals surface area contributed by atoms with Crippen molar-refractivity contribution in [2.75, 3.05) is 18.2 Å². The van der Waals surface area contributed by atoms with Crippen molar-refractivity contribution in [3.8, 4) is 5.75 Å². The molecule has 0 bridgehead atoms. The standard InChI is InChI=1S/C16H19N3O2/c1-11(13-5-3-4-6-14(13)21-2)9-16(20)19-12-7-8-15(17)18-10-12/h3-8,10-11H,9H2,1-2H3,(H2,17,18)(H,19,20). The number of nitrogen functional groups attached to an aromatic ring is 1. The van der Waals surface area contributed by atoms with Crippen LogP contribution in [0.5, 0.6) is 5.75 Å². The van der Waals surface area contributed by atoms with Crippen LogP contribution in [0.15, 0.2) is 42.6 Å². The number of nitrogens with one attached hydrogen (secondary N) is 1. The highest BCUT2D eigenvalue weighted by Crippen LogP contribution is 2.28. The first-order valence-corrected chi connectivity index (χ1v) is 6.74. The molecule has 1 aromatic heterocycles. The van der Waals surface area contributed by atoms with Crippen molar-refractivity contribution >= 4 is 17.4 Å². The SMILES string of the molecule is COc1ccccc1C(C)CC(=O)Nc1ccc(N)nc1. The maximum absolute atomic E-state index is 12.1. The zero-order valence-electron chi connectivity index (χ0n) is 12.2. The van der Waals surface area contributed by atoms with Gasteiger partial charge in [0.05, 0.1) is 19.0 Å². The molecule has 2 aromatic rings. The van der Waals surface area contributed by atoms with Crippen LogP contribution in [-0.4, -0.2) is 18.0 Å². The van der Waals surface area contributed by atoms with E-state index >= 15 is 0 Å². The third kappa shape index (κ3) is 3.95. The highest BCUT2D eigenvalue weighted by Gasteiger charge is 2.15. The minimum Gasteiger partial charge on any atom is -0.496 e. The van der Waals surface area contributed by atoms with Gasteiger partial charge >= 0.3 is 0 Å². The molecule has 1 heterocycles. The number of pyridine rings is 1. The lowest BCUT2D eigenvalue weighted by molar-refractivity contribution is -0.116. The van der Waals surface area contributed by atoms with Crippen LogP contribution in [0.25, 0.3) is 0 Å². The molecule has 0 spiro atoms. The average molecular weight is 285 g/mol. The fraction of sp³-hybridized carbons (Fsp3) is 0.250. The summed E-state index contributed by atoms with van der Waals surface area (Å²) in [5.74, 6) is 1.21. The fourth-order valence-electron chi connectivity index (χ4n) is 2.15. The van der Waals surface area contributed by atoms with Gasteiger partial charge in [-0.05, 0) is 29.7 Å². The molecular weight excluding hydrogens is 266 g/mol. The van der Waals surface area contributed by atoms with Gasteiger partial charge in [-0.1, -0.05) is 25.1 Å². The monoisotopic (exact) mass is 285 g/mol. The summed E-state index contributed by atoms with van der Waals surface area (Å²) in [5.41, 5.74) is 7.17. The van der Waals surface area contributed by atoms with Gasteiger partial charge in [-0.15, -0.1) is 0 Å². The van der Waals surface area contributed by atoms with Gasteiger partial charge in [0.25, 0.3) is 0 Å². The van der Waals surface area contributed by atoms with Crippen LogP contribution >= 0.6 is 0 Å². The van der Waals surface area contributed by atoms with Crippen LogP contribution < -0.4 is 15.8 Å². The van der Waals surface area contributed by atoms with E-state index in [1.165, 1.54) is 0 Å². The van der Waals surface area contributed by atoms with Gasteiger partial charge in [0, 0.05) is 6.42 Å². The van der Waals surface area contributed by atoms with E-state index < -0.39 is 0 Å². The molecule has 0 aliphatic heterocycles. The van der Waals surface area contributed by atoms with Gasteiger partial charge in [0.15, 0.2) is 0 Å². The third-order valence-electron chi connectivity index (χ3n) is 3.23. The van der Waals surface area contributed by atoms with Gasteiger partial charge in [-0.2, -0.15) is 0 Å². The highest BCUT2D eigenvalue weighted by molar-refractivity contribution is 5.91. The summed E-state index contributed by atoms with van der Waals surface area (Å²) < 4.78 is 5.32. The quantitative estimate of drug-likeness (QED) is 0.885. The molecular formula is C16H19N3O2. The molecule has 1 aromatic carbocycles. The molecule has 0 saturated heterocycles. The predicted octanol–water partition coefficient (Wildman–Crippen LogP) is 2.80. The molecule has 110 valence electrons. The number of ether oxygens (including phenoxy) is 1. The Hall–Kier alpha value is -2.56. The van der Waals surface area contributed by atoms with E-state index in [0.717, 1.165) is 11.3 Å². The largest absolute Gasteiger partial charge is 0.496 e. The second-order valence-electron chi connectivity index (χ2n) is 4.87. The number of rotatable bonds is 5. The molecule has 3 N–H and O–H groups in total. The second kappa shape index (κ2) is 6.74. The molecule has 1 unspecified atom stereocenters. The van der Waals surface area contributed by atoms with Crippen molar-refractivity contribution in [2.45, 2.75) is 19.3 Å². The van der Waals surface area contributed by atoms with Gasteiger partial charge in [-0.3, -0.25) is 4.79 Å². The van der Waals surface area contributed by atoms with Crippen molar-refractivity contribution in [2.24, 2.45) is 0 Å². The Bertz CT molecular complexity index is 611. The maximum atomic E-state index is 12.1. The summed E-state index contributed by atoms with van der Waals surface area (Å²) in [6, 6.07) is 11.1. The average Bonchev–Trinajstić information content (AvgIpc) is 2.49. The number of carbonyl (C=O) groups excluding carboxylic acids is 1. The van der Waals surface area contributed by atoms with Crippen molar-refractivity contribution in [3.05, 3.63) is 48.2 Å². The first-order chi connectivity index (χ1) is 10.1. The van der Waals surface area contributed by atoms with E-state index in [-0.39, 0.29) is 11.8 Å². The minimum atomic E-state index is -0.0695. The first kappa shape index (κ1) is 14.8. The maximum Gasteiger partial charge on any atom is 0.225 e. The summed E-state index contributed by atoms with van der Waals surface area (Å²) in [6.45, 7) is 2.00. The number of para-hydroxylation sites is 1. The lowest BCUT2D eigenvalue weighted by Gasteiger charge is -2.15. The van der Waals surface area contributed by atoms with Gasteiger partial charge in [0.1, 0.15) is 11.6 Å². The van der Waals surface area contributed by atoms with Crippen molar-refractivity contribution in [1.29, 1.82) is 0 Å². The molecule has 0 saturated carbocycles. The first-order valence-electron chi connectivity index (χ1n) is 6.74. The Kier molecular flexibility index (Phi) is 4.77. The topological polar surface area (TPSA) is 77.2 Å². The van der Waals surface area contributed by atoms with Crippen LogP contribution in [0.1, 0.15) is 24.8 Å². The number of carbonyl (C=O) groups is 1. The normalized spacial score (nSPS) is 11.7. The van der Waals surface area contributed by atoms with E-state index in [2.05, 4.69) is 10.3 Å². The van der Waals surface area contributed by atoms with E-state index in [0.29, 0.717) is 17.9 Å². The molecule has 0 aliphatic carbocycles. The lowest BCUT2D eigenvalue weighted by Crippen LogP contribution is -2.15. The molecule has 1 amide bonds.